The summed E-state index contributed by atoms with van der Waals surface area (Å²) in [6.07, 6.45) is 11.4. The molecule has 4 rings (SSSR count). The molecule has 0 N–H and O–H groups in total. The monoisotopic (exact) mass is 372 g/mol. The molecule has 3 fully saturated rings. The quantitative estimate of drug-likeness (QED) is 0.629. The van der Waals surface area contributed by atoms with Crippen molar-refractivity contribution >= 4 is 11.8 Å². The van der Waals surface area contributed by atoms with Gasteiger partial charge in [-0.15, -0.1) is 0 Å². The predicted molar refractivity (Wildman–Crippen MR) is 106 cm³/mol. The van der Waals surface area contributed by atoms with Crippen LogP contribution in [0, 0.1) is 40.4 Å². The zero-order valence-corrected chi connectivity index (χ0v) is 17.6. The minimum atomic E-state index is -0.156. The van der Waals surface area contributed by atoms with Gasteiger partial charge in [0.05, 0.1) is 6.61 Å². The lowest BCUT2D eigenvalue weighted by molar-refractivity contribution is -0.143. The Bertz CT molecular complexity index is 665. The highest BCUT2D eigenvalue weighted by Gasteiger charge is 2.59. The van der Waals surface area contributed by atoms with Crippen LogP contribution in [0.2, 0.25) is 0 Å². The van der Waals surface area contributed by atoms with Crippen LogP contribution in [0.5, 0.6) is 0 Å². The minimum absolute atomic E-state index is 0.156. The highest BCUT2D eigenvalue weighted by molar-refractivity contribution is 5.91. The highest BCUT2D eigenvalue weighted by atomic mass is 16.5. The molecule has 3 nitrogen and oxygen atoms in total. The average molecular weight is 373 g/mol. The number of carbonyl (C=O) groups is 2. The van der Waals surface area contributed by atoms with E-state index in [2.05, 4.69) is 20.8 Å². The van der Waals surface area contributed by atoms with E-state index in [0.717, 1.165) is 37.0 Å². The number of ether oxygens (including phenoxy) is 1. The first-order valence-electron chi connectivity index (χ1n) is 11.1. The predicted octanol–water partition coefficient (Wildman–Crippen LogP) is 5.33. The number of hydrogen-bond donors (Lipinski definition) is 0. The van der Waals surface area contributed by atoms with Gasteiger partial charge >= 0.3 is 5.97 Å². The lowest BCUT2D eigenvalue weighted by Gasteiger charge is -2.58. The van der Waals surface area contributed by atoms with E-state index >= 15 is 0 Å². The molecule has 4 aliphatic rings. The van der Waals surface area contributed by atoms with Gasteiger partial charge in [-0.1, -0.05) is 26.3 Å². The summed E-state index contributed by atoms with van der Waals surface area (Å²) in [5.74, 6) is 3.68. The summed E-state index contributed by atoms with van der Waals surface area (Å²) < 4.78 is 5.37. The number of rotatable bonds is 3. The van der Waals surface area contributed by atoms with Crippen molar-refractivity contribution in [3.8, 4) is 0 Å². The highest BCUT2D eigenvalue weighted by Crippen LogP contribution is 2.67. The van der Waals surface area contributed by atoms with Crippen LogP contribution >= 0.6 is 0 Å². The molecule has 3 heteroatoms. The molecule has 7 atom stereocenters. The van der Waals surface area contributed by atoms with Crippen molar-refractivity contribution in [2.75, 3.05) is 6.61 Å². The number of carbonyl (C=O) groups excluding carboxylic acids is 2. The van der Waals surface area contributed by atoms with Gasteiger partial charge < -0.3 is 4.74 Å². The van der Waals surface area contributed by atoms with Crippen LogP contribution < -0.4 is 0 Å². The van der Waals surface area contributed by atoms with Gasteiger partial charge in [0.2, 0.25) is 0 Å². The van der Waals surface area contributed by atoms with E-state index < -0.39 is 0 Å². The van der Waals surface area contributed by atoms with Gasteiger partial charge in [-0.05, 0) is 91.4 Å². The number of esters is 1. The van der Waals surface area contributed by atoms with Crippen LogP contribution in [-0.2, 0) is 14.3 Å². The molecule has 3 saturated carbocycles. The fourth-order valence-electron chi connectivity index (χ4n) is 7.90. The number of hydrogen-bond acceptors (Lipinski definition) is 3. The molecule has 0 unspecified atom stereocenters. The molecule has 150 valence electrons. The fourth-order valence-corrected chi connectivity index (χ4v) is 7.90. The van der Waals surface area contributed by atoms with Crippen LogP contribution in [0.1, 0.15) is 79.1 Å². The van der Waals surface area contributed by atoms with Crippen molar-refractivity contribution in [3.63, 3.8) is 0 Å². The van der Waals surface area contributed by atoms with Gasteiger partial charge in [0, 0.05) is 13.3 Å². The molecule has 0 saturated heterocycles. The SMILES string of the molecule is CC(=O)OC[C@@H](C)[C@H]1CC[C@H]2[C@@H]3CCC4=CC(=O)CC[C@]4(C)[C@H]3CC[C@]12C. The van der Waals surface area contributed by atoms with Crippen molar-refractivity contribution < 1.29 is 14.3 Å². The molecule has 0 radical (unpaired) electrons. The van der Waals surface area contributed by atoms with Gasteiger partial charge in [0.25, 0.3) is 0 Å². The Morgan fingerprint density at radius 1 is 1.15 bits per heavy atom. The van der Waals surface area contributed by atoms with Crippen molar-refractivity contribution in [2.24, 2.45) is 40.4 Å². The van der Waals surface area contributed by atoms with Crippen LogP contribution in [0.3, 0.4) is 0 Å². The summed E-state index contributed by atoms with van der Waals surface area (Å²) in [5.41, 5.74) is 2.11. The van der Waals surface area contributed by atoms with Gasteiger partial charge in [0.15, 0.2) is 5.78 Å². The Balaban J connectivity index is 1.55. The Labute approximate surface area is 164 Å². The van der Waals surface area contributed by atoms with Gasteiger partial charge in [-0.2, -0.15) is 0 Å². The summed E-state index contributed by atoms with van der Waals surface area (Å²) in [4.78, 5) is 23.2. The van der Waals surface area contributed by atoms with E-state index in [4.69, 9.17) is 4.74 Å². The van der Waals surface area contributed by atoms with E-state index in [0.29, 0.717) is 29.6 Å². The van der Waals surface area contributed by atoms with E-state index in [1.807, 2.05) is 6.08 Å². The maximum atomic E-state index is 12.0. The molecule has 0 aromatic heterocycles. The second kappa shape index (κ2) is 6.74. The first-order chi connectivity index (χ1) is 12.8. The van der Waals surface area contributed by atoms with Crippen LogP contribution in [0.25, 0.3) is 0 Å². The van der Waals surface area contributed by atoms with Crippen LogP contribution in [-0.4, -0.2) is 18.4 Å². The molecule has 0 aromatic carbocycles. The minimum Gasteiger partial charge on any atom is -0.466 e. The Morgan fingerprint density at radius 2 is 1.93 bits per heavy atom. The first-order valence-corrected chi connectivity index (χ1v) is 11.1. The van der Waals surface area contributed by atoms with E-state index in [1.54, 1.807) is 0 Å². The van der Waals surface area contributed by atoms with E-state index in [1.165, 1.54) is 44.6 Å². The molecule has 0 bridgehead atoms. The maximum absolute atomic E-state index is 12.0. The van der Waals surface area contributed by atoms with E-state index in [9.17, 15) is 9.59 Å². The fraction of sp³-hybridized carbons (Fsp3) is 0.833. The Hall–Kier alpha value is -1.12. The molecule has 4 aliphatic carbocycles. The zero-order valence-electron chi connectivity index (χ0n) is 17.6. The van der Waals surface area contributed by atoms with Gasteiger partial charge in [-0.25, -0.2) is 0 Å². The van der Waals surface area contributed by atoms with Crippen LogP contribution in [0.4, 0.5) is 0 Å². The molecule has 0 heterocycles. The third kappa shape index (κ3) is 3.00. The molecule has 0 aliphatic heterocycles. The second-order valence-corrected chi connectivity index (χ2v) is 10.5. The van der Waals surface area contributed by atoms with Crippen molar-refractivity contribution in [2.45, 2.75) is 79.1 Å². The summed E-state index contributed by atoms with van der Waals surface area (Å²) >= 11 is 0. The molecule has 0 spiro atoms. The summed E-state index contributed by atoms with van der Waals surface area (Å²) in [7, 11) is 0. The van der Waals surface area contributed by atoms with Crippen molar-refractivity contribution in [3.05, 3.63) is 11.6 Å². The normalized spacial score (nSPS) is 44.6. The lowest BCUT2D eigenvalue weighted by atomic mass is 9.46. The third-order valence-corrected chi connectivity index (χ3v) is 9.27. The molecular formula is C24H36O3. The Kier molecular flexibility index (Phi) is 4.79. The maximum Gasteiger partial charge on any atom is 0.302 e. The number of ketones is 1. The summed E-state index contributed by atoms with van der Waals surface area (Å²) in [6, 6.07) is 0. The number of allylic oxidation sites excluding steroid dienone is 1. The number of fused-ring (bicyclic) bond motifs is 5. The molecular weight excluding hydrogens is 336 g/mol. The van der Waals surface area contributed by atoms with E-state index in [-0.39, 0.29) is 11.4 Å². The summed E-state index contributed by atoms with van der Waals surface area (Å²) in [5, 5.41) is 0. The third-order valence-electron chi connectivity index (χ3n) is 9.27. The van der Waals surface area contributed by atoms with Gasteiger partial charge in [0.1, 0.15) is 0 Å². The lowest BCUT2D eigenvalue weighted by Crippen LogP contribution is -2.51. The topological polar surface area (TPSA) is 43.4 Å². The molecule has 0 aromatic rings. The largest absolute Gasteiger partial charge is 0.466 e. The Morgan fingerprint density at radius 3 is 2.67 bits per heavy atom. The second-order valence-electron chi connectivity index (χ2n) is 10.5. The average Bonchev–Trinajstić information content (AvgIpc) is 2.97. The zero-order chi connectivity index (χ0) is 19.4. The van der Waals surface area contributed by atoms with Crippen LogP contribution in [0.15, 0.2) is 11.6 Å². The molecule has 0 amide bonds. The standard InChI is InChI=1S/C24H36O3/c1-15(14-27-16(2)25)20-7-8-21-19-6-5-17-13-18(26)9-11-23(17,3)22(19)10-12-24(20,21)4/h13,15,19-22H,5-12,14H2,1-4H3/t15-,19+,20-,21+,22+,23+,24-/m1/s1. The van der Waals surface area contributed by atoms with Gasteiger partial charge in [-0.3, -0.25) is 9.59 Å². The smallest absolute Gasteiger partial charge is 0.302 e. The van der Waals surface area contributed by atoms with Crippen molar-refractivity contribution in [1.29, 1.82) is 0 Å². The first kappa shape index (κ1) is 19.2. The molecule has 27 heavy (non-hydrogen) atoms. The van der Waals surface area contributed by atoms with Crippen molar-refractivity contribution in [1.82, 2.24) is 0 Å². The summed E-state index contributed by atoms with van der Waals surface area (Å²) in [6.45, 7) is 9.36.